The van der Waals surface area contributed by atoms with Gasteiger partial charge < -0.3 is 19.4 Å². The standard InChI is InChI=1S/C15H16N2O3S/c1-19-12-5-2-4-11(10-12)16-15(18)17-7-9-21-14(17)13-6-3-8-20-13/h2-6,8,10,14H,7,9H2,1H3,(H,16,18)/t14-/m1/s1. The highest BCUT2D eigenvalue weighted by Crippen LogP contribution is 2.38. The molecule has 2 amide bonds. The minimum atomic E-state index is -0.130. The average molecular weight is 304 g/mol. The predicted molar refractivity (Wildman–Crippen MR) is 82.6 cm³/mol. The van der Waals surface area contributed by atoms with Crippen molar-refractivity contribution in [3.63, 3.8) is 0 Å². The van der Waals surface area contributed by atoms with E-state index in [0.717, 1.165) is 17.2 Å². The number of hydrogen-bond acceptors (Lipinski definition) is 4. The number of furan rings is 1. The minimum Gasteiger partial charge on any atom is -0.497 e. The molecule has 0 spiro atoms. The Morgan fingerprint density at radius 1 is 1.43 bits per heavy atom. The topological polar surface area (TPSA) is 54.7 Å². The molecule has 0 radical (unpaired) electrons. The highest BCUT2D eigenvalue weighted by atomic mass is 32.2. The first-order valence-electron chi connectivity index (χ1n) is 6.64. The van der Waals surface area contributed by atoms with Gasteiger partial charge in [0, 0.05) is 24.1 Å². The summed E-state index contributed by atoms with van der Waals surface area (Å²) in [5.74, 6) is 2.42. The molecule has 1 aliphatic rings. The molecule has 0 unspecified atom stereocenters. The van der Waals surface area contributed by atoms with Crippen LogP contribution in [-0.4, -0.2) is 30.3 Å². The molecular formula is C15H16N2O3S. The average Bonchev–Trinajstić information content (AvgIpc) is 3.18. The Hall–Kier alpha value is -2.08. The molecule has 0 saturated carbocycles. The van der Waals surface area contributed by atoms with Gasteiger partial charge in [-0.15, -0.1) is 11.8 Å². The molecule has 1 aromatic heterocycles. The van der Waals surface area contributed by atoms with Crippen molar-refractivity contribution in [1.29, 1.82) is 0 Å². The van der Waals surface area contributed by atoms with E-state index in [-0.39, 0.29) is 11.4 Å². The highest BCUT2D eigenvalue weighted by molar-refractivity contribution is 7.99. The maximum absolute atomic E-state index is 12.4. The van der Waals surface area contributed by atoms with Gasteiger partial charge in [0.2, 0.25) is 0 Å². The van der Waals surface area contributed by atoms with Gasteiger partial charge in [0.1, 0.15) is 16.9 Å². The maximum atomic E-state index is 12.4. The third-order valence-electron chi connectivity index (χ3n) is 3.26. The van der Waals surface area contributed by atoms with Crippen molar-refractivity contribution in [3.05, 3.63) is 48.4 Å². The third kappa shape index (κ3) is 3.00. The van der Waals surface area contributed by atoms with Gasteiger partial charge in [-0.2, -0.15) is 0 Å². The van der Waals surface area contributed by atoms with Gasteiger partial charge >= 0.3 is 6.03 Å². The Labute approximate surface area is 127 Å². The highest BCUT2D eigenvalue weighted by Gasteiger charge is 2.32. The van der Waals surface area contributed by atoms with E-state index in [2.05, 4.69) is 5.32 Å². The molecule has 1 fully saturated rings. The van der Waals surface area contributed by atoms with E-state index in [1.54, 1.807) is 36.1 Å². The van der Waals surface area contributed by atoms with Crippen LogP contribution in [0, 0.1) is 0 Å². The summed E-state index contributed by atoms with van der Waals surface area (Å²) in [6.07, 6.45) is 1.63. The molecule has 2 aromatic rings. The number of methoxy groups -OCH3 is 1. The number of carbonyl (C=O) groups is 1. The molecule has 1 aliphatic heterocycles. The zero-order valence-corrected chi connectivity index (χ0v) is 12.4. The third-order valence-corrected chi connectivity index (χ3v) is 4.48. The summed E-state index contributed by atoms with van der Waals surface area (Å²) in [5.41, 5.74) is 0.717. The van der Waals surface area contributed by atoms with Crippen LogP contribution in [0.3, 0.4) is 0 Å². The molecule has 3 rings (SSSR count). The van der Waals surface area contributed by atoms with Crippen LogP contribution in [-0.2, 0) is 0 Å². The van der Waals surface area contributed by atoms with Gasteiger partial charge in [0.15, 0.2) is 0 Å². The second-order valence-corrected chi connectivity index (χ2v) is 5.78. The van der Waals surface area contributed by atoms with Crippen LogP contribution in [0.4, 0.5) is 10.5 Å². The zero-order valence-electron chi connectivity index (χ0n) is 11.6. The van der Waals surface area contributed by atoms with Crippen molar-refractivity contribution in [2.75, 3.05) is 24.7 Å². The number of rotatable bonds is 3. The lowest BCUT2D eigenvalue weighted by Gasteiger charge is -2.22. The summed E-state index contributed by atoms with van der Waals surface area (Å²) in [6, 6.07) is 10.9. The van der Waals surface area contributed by atoms with Gasteiger partial charge in [-0.25, -0.2) is 4.79 Å². The van der Waals surface area contributed by atoms with Crippen molar-refractivity contribution in [1.82, 2.24) is 4.90 Å². The molecule has 2 heterocycles. The number of amides is 2. The number of thioether (sulfide) groups is 1. The molecule has 5 nitrogen and oxygen atoms in total. The van der Waals surface area contributed by atoms with E-state index in [9.17, 15) is 4.79 Å². The first-order chi connectivity index (χ1) is 10.3. The smallest absolute Gasteiger partial charge is 0.323 e. The summed E-state index contributed by atoms with van der Waals surface area (Å²) in [4.78, 5) is 14.2. The van der Waals surface area contributed by atoms with Gasteiger partial charge in [-0.05, 0) is 24.3 Å². The normalized spacial score (nSPS) is 17.8. The molecule has 6 heteroatoms. The Bertz CT molecular complexity index is 615. The Morgan fingerprint density at radius 2 is 2.33 bits per heavy atom. The van der Waals surface area contributed by atoms with Crippen LogP contribution in [0.15, 0.2) is 47.1 Å². The lowest BCUT2D eigenvalue weighted by Crippen LogP contribution is -2.34. The number of anilines is 1. The fraction of sp³-hybridized carbons (Fsp3) is 0.267. The molecule has 1 N–H and O–H groups in total. The maximum Gasteiger partial charge on any atom is 0.323 e. The minimum absolute atomic E-state index is 0.0643. The summed E-state index contributed by atoms with van der Waals surface area (Å²) >= 11 is 1.70. The summed E-state index contributed by atoms with van der Waals surface area (Å²) in [6.45, 7) is 0.700. The van der Waals surface area contributed by atoms with Crippen molar-refractivity contribution in [3.8, 4) is 5.75 Å². The molecule has 110 valence electrons. The van der Waals surface area contributed by atoms with E-state index in [4.69, 9.17) is 9.15 Å². The molecule has 1 atom stereocenters. The fourth-order valence-corrected chi connectivity index (χ4v) is 3.45. The van der Waals surface area contributed by atoms with Crippen LogP contribution in [0.5, 0.6) is 5.75 Å². The monoisotopic (exact) mass is 304 g/mol. The van der Waals surface area contributed by atoms with E-state index in [1.807, 2.05) is 30.3 Å². The lowest BCUT2D eigenvalue weighted by molar-refractivity contribution is 0.209. The number of ether oxygens (including phenoxy) is 1. The zero-order chi connectivity index (χ0) is 14.7. The van der Waals surface area contributed by atoms with E-state index < -0.39 is 0 Å². The number of urea groups is 1. The van der Waals surface area contributed by atoms with Gasteiger partial charge in [0.25, 0.3) is 0 Å². The summed E-state index contributed by atoms with van der Waals surface area (Å²) in [5, 5.41) is 2.84. The number of carbonyl (C=O) groups excluding carboxylic acids is 1. The van der Waals surface area contributed by atoms with Crippen molar-refractivity contribution in [2.24, 2.45) is 0 Å². The molecule has 21 heavy (non-hydrogen) atoms. The van der Waals surface area contributed by atoms with Crippen LogP contribution in [0.1, 0.15) is 11.1 Å². The number of nitrogens with zero attached hydrogens (tertiary/aromatic N) is 1. The molecule has 0 aliphatic carbocycles. The first-order valence-corrected chi connectivity index (χ1v) is 7.69. The lowest BCUT2D eigenvalue weighted by atomic mass is 10.3. The van der Waals surface area contributed by atoms with Crippen LogP contribution >= 0.6 is 11.8 Å². The second kappa shape index (κ2) is 6.13. The van der Waals surface area contributed by atoms with Crippen molar-refractivity contribution < 1.29 is 13.9 Å². The molecule has 0 bridgehead atoms. The van der Waals surface area contributed by atoms with E-state index >= 15 is 0 Å². The quantitative estimate of drug-likeness (QED) is 0.942. The van der Waals surface area contributed by atoms with Gasteiger partial charge in [0.05, 0.1) is 13.4 Å². The second-order valence-electron chi connectivity index (χ2n) is 4.59. The Kier molecular flexibility index (Phi) is 4.06. The van der Waals surface area contributed by atoms with E-state index in [0.29, 0.717) is 12.3 Å². The van der Waals surface area contributed by atoms with Gasteiger partial charge in [-0.3, -0.25) is 0 Å². The van der Waals surface area contributed by atoms with E-state index in [1.165, 1.54) is 0 Å². The number of benzene rings is 1. The molecule has 1 aromatic carbocycles. The summed E-state index contributed by atoms with van der Waals surface area (Å²) in [7, 11) is 1.60. The Morgan fingerprint density at radius 3 is 3.10 bits per heavy atom. The van der Waals surface area contributed by atoms with Crippen LogP contribution < -0.4 is 10.1 Å². The van der Waals surface area contributed by atoms with Crippen molar-refractivity contribution in [2.45, 2.75) is 5.37 Å². The fourth-order valence-electron chi connectivity index (χ4n) is 2.24. The molecule has 1 saturated heterocycles. The largest absolute Gasteiger partial charge is 0.497 e. The molecular weight excluding hydrogens is 288 g/mol. The Balaban J connectivity index is 1.72. The number of hydrogen-bond donors (Lipinski definition) is 1. The van der Waals surface area contributed by atoms with Crippen molar-refractivity contribution >= 4 is 23.5 Å². The van der Waals surface area contributed by atoms with Crippen LogP contribution in [0.25, 0.3) is 0 Å². The van der Waals surface area contributed by atoms with Crippen LogP contribution in [0.2, 0.25) is 0 Å². The van der Waals surface area contributed by atoms with Gasteiger partial charge in [-0.1, -0.05) is 6.07 Å². The summed E-state index contributed by atoms with van der Waals surface area (Å²) < 4.78 is 10.6. The predicted octanol–water partition coefficient (Wildman–Crippen LogP) is 3.57. The number of nitrogens with one attached hydrogen (secondary N) is 1. The SMILES string of the molecule is COc1cccc(NC(=O)N2CCS[C@@H]2c2ccco2)c1. The first kappa shape index (κ1) is 13.9.